The SMILES string of the molecule is CCOC(=O)c1nc(-c2ccc([N+](=O)[O-])cc2)[nH]c1-c1ccc(OC)cc1. The summed E-state index contributed by atoms with van der Waals surface area (Å²) in [6, 6.07) is 13.1. The Balaban J connectivity index is 2.05. The summed E-state index contributed by atoms with van der Waals surface area (Å²) in [6.45, 7) is 1.94. The number of imidazole rings is 1. The third-order valence-corrected chi connectivity index (χ3v) is 3.90. The van der Waals surface area contributed by atoms with Crippen molar-refractivity contribution in [2.45, 2.75) is 6.92 Å². The Labute approximate surface area is 154 Å². The molecule has 0 aliphatic carbocycles. The summed E-state index contributed by atoms with van der Waals surface area (Å²) < 4.78 is 10.3. The van der Waals surface area contributed by atoms with Crippen LogP contribution in [0.5, 0.6) is 5.75 Å². The van der Waals surface area contributed by atoms with Crippen LogP contribution < -0.4 is 4.74 Å². The minimum absolute atomic E-state index is 0.0219. The summed E-state index contributed by atoms with van der Waals surface area (Å²) in [4.78, 5) is 30.2. The number of hydrogen-bond donors (Lipinski definition) is 1. The van der Waals surface area contributed by atoms with Crippen LogP contribution in [0.25, 0.3) is 22.6 Å². The van der Waals surface area contributed by atoms with Crippen LogP contribution in [0.2, 0.25) is 0 Å². The van der Waals surface area contributed by atoms with Gasteiger partial charge >= 0.3 is 5.97 Å². The number of hydrogen-bond acceptors (Lipinski definition) is 6. The van der Waals surface area contributed by atoms with Gasteiger partial charge in [0.1, 0.15) is 11.6 Å². The van der Waals surface area contributed by atoms with Crippen molar-refractivity contribution in [3.05, 3.63) is 64.3 Å². The summed E-state index contributed by atoms with van der Waals surface area (Å²) in [5.41, 5.74) is 1.98. The van der Waals surface area contributed by atoms with Gasteiger partial charge in [-0.3, -0.25) is 10.1 Å². The number of esters is 1. The number of methoxy groups -OCH3 is 1. The second-order valence-corrected chi connectivity index (χ2v) is 5.56. The number of nitro benzene ring substituents is 1. The first-order valence-electron chi connectivity index (χ1n) is 8.20. The number of nitrogens with one attached hydrogen (secondary N) is 1. The first-order chi connectivity index (χ1) is 13.0. The number of nitro groups is 1. The van der Waals surface area contributed by atoms with Crippen molar-refractivity contribution in [2.24, 2.45) is 0 Å². The molecule has 0 saturated heterocycles. The average Bonchev–Trinajstić information content (AvgIpc) is 3.14. The van der Waals surface area contributed by atoms with E-state index in [9.17, 15) is 14.9 Å². The van der Waals surface area contributed by atoms with Gasteiger partial charge in [0.2, 0.25) is 0 Å². The van der Waals surface area contributed by atoms with Crippen molar-refractivity contribution in [2.75, 3.05) is 13.7 Å². The van der Waals surface area contributed by atoms with E-state index in [2.05, 4.69) is 9.97 Å². The van der Waals surface area contributed by atoms with Gasteiger partial charge in [0.15, 0.2) is 5.69 Å². The predicted octanol–water partition coefficient (Wildman–Crippen LogP) is 3.84. The van der Waals surface area contributed by atoms with Crippen molar-refractivity contribution in [1.29, 1.82) is 0 Å². The molecular formula is C19H17N3O5. The highest BCUT2D eigenvalue weighted by Crippen LogP contribution is 2.29. The number of rotatable bonds is 6. The maximum absolute atomic E-state index is 12.3. The van der Waals surface area contributed by atoms with Gasteiger partial charge in [0.05, 0.1) is 24.3 Å². The lowest BCUT2D eigenvalue weighted by Crippen LogP contribution is -2.06. The van der Waals surface area contributed by atoms with E-state index in [1.54, 1.807) is 50.4 Å². The number of H-pyrrole nitrogens is 1. The molecule has 0 bridgehead atoms. The lowest BCUT2D eigenvalue weighted by molar-refractivity contribution is -0.384. The Hall–Kier alpha value is -3.68. The molecule has 0 radical (unpaired) electrons. The maximum atomic E-state index is 12.3. The Kier molecular flexibility index (Phi) is 5.16. The van der Waals surface area contributed by atoms with Crippen molar-refractivity contribution in [3.8, 4) is 28.4 Å². The van der Waals surface area contributed by atoms with Crippen LogP contribution in [-0.4, -0.2) is 34.6 Å². The second kappa shape index (κ2) is 7.69. The molecule has 0 saturated carbocycles. The van der Waals surface area contributed by atoms with E-state index in [4.69, 9.17) is 9.47 Å². The average molecular weight is 367 g/mol. The fourth-order valence-electron chi connectivity index (χ4n) is 2.56. The fourth-order valence-corrected chi connectivity index (χ4v) is 2.56. The van der Waals surface area contributed by atoms with Crippen molar-refractivity contribution in [3.63, 3.8) is 0 Å². The summed E-state index contributed by atoms with van der Waals surface area (Å²) in [7, 11) is 1.57. The zero-order valence-corrected chi connectivity index (χ0v) is 14.8. The number of aromatic amines is 1. The minimum Gasteiger partial charge on any atom is -0.497 e. The standard InChI is InChI=1S/C19H17N3O5/c1-3-27-19(23)17-16(12-6-10-15(26-2)11-7-12)20-18(21-17)13-4-8-14(9-5-13)22(24)25/h4-11H,3H2,1-2H3,(H,20,21). The number of ether oxygens (including phenoxy) is 2. The molecule has 0 amide bonds. The second-order valence-electron chi connectivity index (χ2n) is 5.56. The minimum atomic E-state index is -0.548. The zero-order valence-electron chi connectivity index (χ0n) is 14.8. The molecule has 1 heterocycles. The van der Waals surface area contributed by atoms with Crippen molar-refractivity contribution in [1.82, 2.24) is 9.97 Å². The molecule has 27 heavy (non-hydrogen) atoms. The molecule has 0 fully saturated rings. The molecule has 0 aliphatic rings. The van der Waals surface area contributed by atoms with Crippen LogP contribution in [0.3, 0.4) is 0 Å². The number of nitrogens with zero attached hydrogens (tertiary/aromatic N) is 2. The van der Waals surface area contributed by atoms with E-state index < -0.39 is 10.9 Å². The third kappa shape index (κ3) is 3.79. The number of non-ortho nitro benzene ring substituents is 1. The van der Waals surface area contributed by atoms with Gasteiger partial charge in [0.25, 0.3) is 5.69 Å². The van der Waals surface area contributed by atoms with E-state index in [0.29, 0.717) is 22.8 Å². The smallest absolute Gasteiger partial charge is 0.359 e. The maximum Gasteiger partial charge on any atom is 0.359 e. The molecule has 3 rings (SSSR count). The van der Waals surface area contributed by atoms with Gasteiger partial charge < -0.3 is 14.5 Å². The van der Waals surface area contributed by atoms with Gasteiger partial charge in [-0.15, -0.1) is 0 Å². The molecular weight excluding hydrogens is 350 g/mol. The molecule has 8 heteroatoms. The van der Waals surface area contributed by atoms with Crippen LogP contribution in [0.4, 0.5) is 5.69 Å². The molecule has 0 unspecified atom stereocenters. The normalized spacial score (nSPS) is 10.4. The summed E-state index contributed by atoms with van der Waals surface area (Å²) >= 11 is 0. The lowest BCUT2D eigenvalue weighted by atomic mass is 10.1. The zero-order chi connectivity index (χ0) is 19.4. The van der Waals surface area contributed by atoms with Gasteiger partial charge in [-0.05, 0) is 43.3 Å². The van der Waals surface area contributed by atoms with Crippen molar-refractivity contribution < 1.29 is 19.2 Å². The van der Waals surface area contributed by atoms with Gasteiger partial charge in [-0.2, -0.15) is 0 Å². The van der Waals surface area contributed by atoms with Crippen LogP contribution in [0.15, 0.2) is 48.5 Å². The van der Waals surface area contributed by atoms with Crippen LogP contribution in [-0.2, 0) is 4.74 Å². The molecule has 0 atom stereocenters. The van der Waals surface area contributed by atoms with Crippen LogP contribution in [0.1, 0.15) is 17.4 Å². The summed E-state index contributed by atoms with van der Waals surface area (Å²) in [5.74, 6) is 0.554. The largest absolute Gasteiger partial charge is 0.497 e. The number of benzene rings is 2. The first kappa shape index (κ1) is 18.1. The van der Waals surface area contributed by atoms with Crippen LogP contribution in [0, 0.1) is 10.1 Å². The molecule has 3 aromatic rings. The van der Waals surface area contributed by atoms with Gasteiger partial charge in [-0.1, -0.05) is 0 Å². The molecule has 8 nitrogen and oxygen atoms in total. The molecule has 0 spiro atoms. The molecule has 138 valence electrons. The number of carbonyl (C=O) groups is 1. The summed E-state index contributed by atoms with van der Waals surface area (Å²) in [5, 5.41) is 10.8. The summed E-state index contributed by atoms with van der Waals surface area (Å²) in [6.07, 6.45) is 0. The Morgan fingerprint density at radius 2 is 1.74 bits per heavy atom. The monoisotopic (exact) mass is 367 g/mol. The van der Waals surface area contributed by atoms with E-state index in [-0.39, 0.29) is 18.0 Å². The highest BCUT2D eigenvalue weighted by atomic mass is 16.6. The Morgan fingerprint density at radius 3 is 2.30 bits per heavy atom. The number of aromatic nitrogens is 2. The van der Waals surface area contributed by atoms with E-state index in [1.165, 1.54) is 12.1 Å². The third-order valence-electron chi connectivity index (χ3n) is 3.90. The highest BCUT2D eigenvalue weighted by molar-refractivity contribution is 5.95. The Bertz CT molecular complexity index is 962. The quantitative estimate of drug-likeness (QED) is 0.403. The molecule has 0 aliphatic heterocycles. The topological polar surface area (TPSA) is 107 Å². The van der Waals surface area contributed by atoms with Gasteiger partial charge in [0, 0.05) is 23.3 Å². The predicted molar refractivity (Wildman–Crippen MR) is 98.6 cm³/mol. The fraction of sp³-hybridized carbons (Fsp3) is 0.158. The molecule has 2 aromatic carbocycles. The highest BCUT2D eigenvalue weighted by Gasteiger charge is 2.21. The van der Waals surface area contributed by atoms with Gasteiger partial charge in [-0.25, -0.2) is 9.78 Å². The number of carbonyl (C=O) groups excluding carboxylic acids is 1. The Morgan fingerprint density at radius 1 is 1.11 bits per heavy atom. The van der Waals surface area contributed by atoms with E-state index >= 15 is 0 Å². The van der Waals surface area contributed by atoms with Crippen molar-refractivity contribution >= 4 is 11.7 Å². The van der Waals surface area contributed by atoms with E-state index in [1.807, 2.05) is 0 Å². The first-order valence-corrected chi connectivity index (χ1v) is 8.20. The van der Waals surface area contributed by atoms with E-state index in [0.717, 1.165) is 5.56 Å². The molecule has 1 N–H and O–H groups in total. The van der Waals surface area contributed by atoms with Crippen LogP contribution >= 0.6 is 0 Å². The molecule has 1 aromatic heterocycles. The lowest BCUT2D eigenvalue weighted by Gasteiger charge is -2.04.